The van der Waals surface area contributed by atoms with E-state index in [0.717, 1.165) is 5.56 Å². The smallest absolute Gasteiger partial charge is 0.326 e. The molecule has 0 radical (unpaired) electrons. The predicted octanol–water partition coefficient (Wildman–Crippen LogP) is 1.16. The lowest BCUT2D eigenvalue weighted by Crippen LogP contribution is -2.45. The van der Waals surface area contributed by atoms with Crippen molar-refractivity contribution in [3.05, 3.63) is 29.6 Å². The zero-order valence-corrected chi connectivity index (χ0v) is 10.8. The van der Waals surface area contributed by atoms with E-state index < -0.39 is 12.0 Å². The molecule has 5 heteroatoms. The molecular formula is C13H18N2O3. The lowest BCUT2D eigenvalue weighted by Gasteiger charge is -2.17. The summed E-state index contributed by atoms with van der Waals surface area (Å²) in [5, 5.41) is 11.5. The van der Waals surface area contributed by atoms with Crippen LogP contribution in [0.5, 0.6) is 0 Å². The molecule has 1 unspecified atom stereocenters. The van der Waals surface area contributed by atoms with Crippen molar-refractivity contribution in [2.24, 2.45) is 5.92 Å². The molecule has 98 valence electrons. The van der Waals surface area contributed by atoms with Crippen LogP contribution in [-0.4, -0.2) is 28.0 Å². The highest BCUT2D eigenvalue weighted by atomic mass is 16.4. The number of aryl methyl sites for hydroxylation is 1. The van der Waals surface area contributed by atoms with Crippen LogP contribution in [0, 0.1) is 12.8 Å². The molecule has 0 aliphatic heterocycles. The van der Waals surface area contributed by atoms with Crippen LogP contribution < -0.4 is 5.32 Å². The van der Waals surface area contributed by atoms with Crippen LogP contribution in [0.15, 0.2) is 18.3 Å². The van der Waals surface area contributed by atoms with Crippen molar-refractivity contribution in [1.82, 2.24) is 10.3 Å². The molecule has 0 aliphatic rings. The minimum atomic E-state index is -1.02. The predicted molar refractivity (Wildman–Crippen MR) is 67.1 cm³/mol. The average Bonchev–Trinajstić information content (AvgIpc) is 2.28. The van der Waals surface area contributed by atoms with Crippen molar-refractivity contribution >= 4 is 11.9 Å². The normalized spacial score (nSPS) is 12.2. The van der Waals surface area contributed by atoms with Crippen molar-refractivity contribution in [2.45, 2.75) is 33.2 Å². The summed E-state index contributed by atoms with van der Waals surface area (Å²) in [5.74, 6) is -1.50. The summed E-state index contributed by atoms with van der Waals surface area (Å²) in [7, 11) is 0. The van der Waals surface area contributed by atoms with Crippen molar-refractivity contribution < 1.29 is 14.7 Å². The monoisotopic (exact) mass is 250 g/mol. The standard InChI is InChI=1S/C13H18N2O3/c1-8(2)12(13(17)18)15-11(16)7-10-9(3)5-4-6-14-10/h4-6,8,12H,7H2,1-3H3,(H,15,16)(H,17,18). The number of carbonyl (C=O) groups excluding carboxylic acids is 1. The van der Waals surface area contributed by atoms with Gasteiger partial charge in [-0.1, -0.05) is 19.9 Å². The quantitative estimate of drug-likeness (QED) is 0.821. The molecule has 0 bridgehead atoms. The third-order valence-corrected chi connectivity index (χ3v) is 2.70. The van der Waals surface area contributed by atoms with Crippen LogP contribution in [0.2, 0.25) is 0 Å². The first-order chi connectivity index (χ1) is 8.41. The molecule has 1 amide bonds. The molecule has 1 rings (SSSR count). The van der Waals surface area contributed by atoms with Crippen molar-refractivity contribution in [3.63, 3.8) is 0 Å². The van der Waals surface area contributed by atoms with E-state index >= 15 is 0 Å². The van der Waals surface area contributed by atoms with E-state index in [1.54, 1.807) is 26.1 Å². The van der Waals surface area contributed by atoms with Crippen LogP contribution in [0.1, 0.15) is 25.1 Å². The van der Waals surface area contributed by atoms with E-state index in [1.807, 2.05) is 13.0 Å². The minimum Gasteiger partial charge on any atom is -0.480 e. The second-order valence-electron chi connectivity index (χ2n) is 4.57. The fourth-order valence-electron chi connectivity index (χ4n) is 1.59. The molecule has 1 aromatic rings. The van der Waals surface area contributed by atoms with Gasteiger partial charge in [0.25, 0.3) is 0 Å². The van der Waals surface area contributed by atoms with E-state index in [-0.39, 0.29) is 18.2 Å². The van der Waals surface area contributed by atoms with Gasteiger partial charge in [-0.3, -0.25) is 9.78 Å². The molecule has 0 spiro atoms. The molecule has 0 fully saturated rings. The molecule has 1 heterocycles. The number of amides is 1. The maximum Gasteiger partial charge on any atom is 0.326 e. The van der Waals surface area contributed by atoms with E-state index in [4.69, 9.17) is 5.11 Å². The highest BCUT2D eigenvalue weighted by molar-refractivity contribution is 5.84. The summed E-state index contributed by atoms with van der Waals surface area (Å²) in [6.07, 6.45) is 1.72. The molecule has 0 saturated heterocycles. The van der Waals surface area contributed by atoms with Crippen LogP contribution in [-0.2, 0) is 16.0 Å². The highest BCUT2D eigenvalue weighted by Gasteiger charge is 2.23. The van der Waals surface area contributed by atoms with Gasteiger partial charge in [-0.2, -0.15) is 0 Å². The summed E-state index contributed by atoms with van der Waals surface area (Å²) in [5.41, 5.74) is 1.59. The van der Waals surface area contributed by atoms with Crippen molar-refractivity contribution in [3.8, 4) is 0 Å². The lowest BCUT2D eigenvalue weighted by atomic mass is 10.0. The molecule has 2 N–H and O–H groups in total. The summed E-state index contributed by atoms with van der Waals surface area (Å²) < 4.78 is 0. The van der Waals surface area contributed by atoms with Crippen molar-refractivity contribution in [1.29, 1.82) is 0 Å². The first kappa shape index (κ1) is 14.2. The molecule has 1 aromatic heterocycles. The van der Waals surface area contributed by atoms with Gasteiger partial charge in [0, 0.05) is 6.20 Å². The van der Waals surface area contributed by atoms with E-state index in [1.165, 1.54) is 0 Å². The van der Waals surface area contributed by atoms with Gasteiger partial charge in [0.2, 0.25) is 5.91 Å². The summed E-state index contributed by atoms with van der Waals surface area (Å²) in [6.45, 7) is 5.38. The number of carbonyl (C=O) groups is 2. The van der Waals surface area contributed by atoms with Crippen LogP contribution in [0.25, 0.3) is 0 Å². The Kier molecular flexibility index (Phi) is 4.83. The maximum atomic E-state index is 11.8. The average molecular weight is 250 g/mol. The lowest BCUT2D eigenvalue weighted by molar-refractivity contribution is -0.143. The number of nitrogens with zero attached hydrogens (tertiary/aromatic N) is 1. The number of hydrogen-bond acceptors (Lipinski definition) is 3. The Labute approximate surface area is 106 Å². The molecule has 0 saturated carbocycles. The molecule has 5 nitrogen and oxygen atoms in total. The highest BCUT2D eigenvalue weighted by Crippen LogP contribution is 2.06. The van der Waals surface area contributed by atoms with Gasteiger partial charge in [-0.15, -0.1) is 0 Å². The zero-order chi connectivity index (χ0) is 13.7. The number of carboxylic acid groups (broad SMARTS) is 1. The van der Waals surface area contributed by atoms with Crippen LogP contribution in [0.3, 0.4) is 0 Å². The van der Waals surface area contributed by atoms with Gasteiger partial charge in [0.05, 0.1) is 12.1 Å². The maximum absolute atomic E-state index is 11.8. The molecule has 0 aromatic carbocycles. The largest absolute Gasteiger partial charge is 0.480 e. The Hall–Kier alpha value is -1.91. The Morgan fingerprint density at radius 3 is 2.61 bits per heavy atom. The Bertz CT molecular complexity index is 444. The number of nitrogens with one attached hydrogen (secondary N) is 1. The number of rotatable bonds is 5. The SMILES string of the molecule is Cc1cccnc1CC(=O)NC(C(=O)O)C(C)C. The first-order valence-electron chi connectivity index (χ1n) is 5.84. The topological polar surface area (TPSA) is 79.3 Å². The summed E-state index contributed by atoms with van der Waals surface area (Å²) in [6, 6.07) is 2.80. The third-order valence-electron chi connectivity index (χ3n) is 2.70. The van der Waals surface area contributed by atoms with Gasteiger partial charge in [0.1, 0.15) is 6.04 Å². The minimum absolute atomic E-state index is 0.100. The Morgan fingerprint density at radius 2 is 2.11 bits per heavy atom. The second-order valence-corrected chi connectivity index (χ2v) is 4.57. The molecule has 18 heavy (non-hydrogen) atoms. The molecule has 0 aliphatic carbocycles. The van der Waals surface area contributed by atoms with E-state index in [0.29, 0.717) is 5.69 Å². The number of aromatic nitrogens is 1. The van der Waals surface area contributed by atoms with Crippen LogP contribution >= 0.6 is 0 Å². The fourth-order valence-corrected chi connectivity index (χ4v) is 1.59. The summed E-state index contributed by atoms with van der Waals surface area (Å²) >= 11 is 0. The fraction of sp³-hybridized carbons (Fsp3) is 0.462. The van der Waals surface area contributed by atoms with Crippen molar-refractivity contribution in [2.75, 3.05) is 0 Å². The second kappa shape index (κ2) is 6.14. The van der Waals surface area contributed by atoms with Gasteiger partial charge in [-0.05, 0) is 24.5 Å². The third kappa shape index (κ3) is 3.84. The van der Waals surface area contributed by atoms with E-state index in [2.05, 4.69) is 10.3 Å². The number of carboxylic acids is 1. The zero-order valence-electron chi connectivity index (χ0n) is 10.8. The van der Waals surface area contributed by atoms with Gasteiger partial charge in [0.15, 0.2) is 0 Å². The summed E-state index contributed by atoms with van der Waals surface area (Å²) in [4.78, 5) is 26.8. The first-order valence-corrected chi connectivity index (χ1v) is 5.84. The van der Waals surface area contributed by atoms with Crippen LogP contribution in [0.4, 0.5) is 0 Å². The number of pyridine rings is 1. The van der Waals surface area contributed by atoms with Gasteiger partial charge < -0.3 is 10.4 Å². The number of aliphatic carboxylic acids is 1. The molecule has 1 atom stereocenters. The van der Waals surface area contributed by atoms with Gasteiger partial charge >= 0.3 is 5.97 Å². The molecular weight excluding hydrogens is 232 g/mol. The Morgan fingerprint density at radius 1 is 1.44 bits per heavy atom. The van der Waals surface area contributed by atoms with E-state index in [9.17, 15) is 9.59 Å². The Balaban J connectivity index is 2.67. The number of hydrogen-bond donors (Lipinski definition) is 2. The van der Waals surface area contributed by atoms with Gasteiger partial charge in [-0.25, -0.2) is 4.79 Å².